The summed E-state index contributed by atoms with van der Waals surface area (Å²) < 4.78 is 35.2. The van der Waals surface area contributed by atoms with Crippen LogP contribution in [0.2, 0.25) is 0 Å². The maximum absolute atomic E-state index is 12.3. The first-order chi connectivity index (χ1) is 9.30. The van der Waals surface area contributed by atoms with Gasteiger partial charge in [0.15, 0.2) is 5.78 Å². The molecule has 0 radical (unpaired) electrons. The fourth-order valence-electron chi connectivity index (χ4n) is 1.75. The number of benzene rings is 2. The molecule has 0 aromatic heterocycles. The first-order valence-corrected chi connectivity index (χ1v) is 6.83. The number of rotatable bonds is 3. The number of alkyl halides is 4. The Labute approximate surface area is 126 Å². The zero-order valence-corrected chi connectivity index (χ0v) is 12.1. The average Bonchev–Trinajstić information content (AvgIpc) is 2.43. The van der Waals surface area contributed by atoms with Crippen LogP contribution in [0, 0.1) is 0 Å². The Hall–Kier alpha value is -1.44. The van der Waals surface area contributed by atoms with Gasteiger partial charge in [-0.15, -0.1) is 0 Å². The number of halogens is 4. The van der Waals surface area contributed by atoms with Gasteiger partial charge in [-0.05, 0) is 16.8 Å². The van der Waals surface area contributed by atoms with E-state index in [1.54, 1.807) is 18.2 Å². The lowest BCUT2D eigenvalue weighted by molar-refractivity contribution is -0.169. The zero-order chi connectivity index (χ0) is 14.9. The van der Waals surface area contributed by atoms with Crippen molar-refractivity contribution in [2.24, 2.45) is 0 Å². The normalized spacial score (nSPS) is 13.2. The highest BCUT2D eigenvalue weighted by Gasteiger charge is 2.45. The highest BCUT2D eigenvalue weighted by atomic mass is 127. The molecule has 2 aromatic rings. The second-order valence-electron chi connectivity index (χ2n) is 4.15. The molecule has 20 heavy (non-hydrogen) atoms. The van der Waals surface area contributed by atoms with Gasteiger partial charge in [-0.3, -0.25) is 9.59 Å². The van der Waals surface area contributed by atoms with E-state index in [4.69, 9.17) is 0 Å². The van der Waals surface area contributed by atoms with Crippen LogP contribution < -0.4 is 0 Å². The quantitative estimate of drug-likeness (QED) is 0.343. The molecular weight excluding hydrogens is 384 g/mol. The molecule has 0 saturated carbocycles. The van der Waals surface area contributed by atoms with Crippen LogP contribution in [0.5, 0.6) is 0 Å². The van der Waals surface area contributed by atoms with Gasteiger partial charge in [0.05, 0.1) is 0 Å². The lowest BCUT2D eigenvalue weighted by Gasteiger charge is -2.11. The number of ketones is 2. The molecule has 2 aromatic carbocycles. The third kappa shape index (κ3) is 3.00. The summed E-state index contributed by atoms with van der Waals surface area (Å²) in [6.07, 6.45) is -5.00. The summed E-state index contributed by atoms with van der Waals surface area (Å²) in [7, 11) is 0. The minimum atomic E-state index is -5.00. The summed E-state index contributed by atoms with van der Waals surface area (Å²) in [5, 5.41) is 1.61. The minimum Gasteiger partial charge on any atom is -0.292 e. The number of fused-ring (bicyclic) bond motifs is 1. The Morgan fingerprint density at radius 1 is 1.00 bits per heavy atom. The molecule has 2 nitrogen and oxygen atoms in total. The number of hydrogen-bond donors (Lipinski definition) is 0. The SMILES string of the molecule is O=C(c1ccc2ccccc2c1)C(I)C(=O)C(F)(F)F. The summed E-state index contributed by atoms with van der Waals surface area (Å²) in [5.74, 6) is -2.87. The fraction of sp³-hybridized carbons (Fsp3) is 0.143. The van der Waals surface area contributed by atoms with Crippen LogP contribution in [0.4, 0.5) is 13.2 Å². The van der Waals surface area contributed by atoms with Crippen molar-refractivity contribution < 1.29 is 22.8 Å². The van der Waals surface area contributed by atoms with Gasteiger partial charge in [-0.1, -0.05) is 59.0 Å². The third-order valence-corrected chi connectivity index (χ3v) is 3.91. The van der Waals surface area contributed by atoms with Gasteiger partial charge in [0.1, 0.15) is 3.92 Å². The van der Waals surface area contributed by atoms with Crippen molar-refractivity contribution in [3.8, 4) is 0 Å². The molecule has 1 unspecified atom stereocenters. The standard InChI is InChI=1S/C14H8F3IO2/c15-14(16,17)13(20)11(18)12(19)10-6-5-8-3-1-2-4-9(8)7-10/h1-7,11H. The summed E-state index contributed by atoms with van der Waals surface area (Å²) in [5.41, 5.74) is 0.0979. The Morgan fingerprint density at radius 2 is 1.60 bits per heavy atom. The van der Waals surface area contributed by atoms with E-state index in [1.165, 1.54) is 34.7 Å². The van der Waals surface area contributed by atoms with E-state index >= 15 is 0 Å². The molecule has 0 aliphatic carbocycles. The van der Waals surface area contributed by atoms with Gasteiger partial charge in [-0.2, -0.15) is 13.2 Å². The van der Waals surface area contributed by atoms with Crippen molar-refractivity contribution in [3.05, 3.63) is 48.0 Å². The van der Waals surface area contributed by atoms with Crippen LogP contribution in [-0.2, 0) is 4.79 Å². The second kappa shape index (κ2) is 5.51. The molecule has 104 valence electrons. The van der Waals surface area contributed by atoms with E-state index in [1.807, 2.05) is 12.1 Å². The van der Waals surface area contributed by atoms with Crippen LogP contribution in [0.1, 0.15) is 10.4 Å². The van der Waals surface area contributed by atoms with Crippen LogP contribution in [0.25, 0.3) is 10.8 Å². The maximum atomic E-state index is 12.3. The number of Topliss-reactive ketones (excluding diaryl/α,β-unsaturated/α-hetero) is 2. The minimum absolute atomic E-state index is 0.0979. The predicted molar refractivity (Wildman–Crippen MR) is 77.1 cm³/mol. The fourth-order valence-corrected chi connectivity index (χ4v) is 2.46. The van der Waals surface area contributed by atoms with Gasteiger partial charge < -0.3 is 0 Å². The summed E-state index contributed by atoms with van der Waals surface area (Å²) in [4.78, 5) is 23.0. The summed E-state index contributed by atoms with van der Waals surface area (Å²) in [6, 6.07) is 11.7. The molecular formula is C14H8F3IO2. The van der Waals surface area contributed by atoms with E-state index in [0.717, 1.165) is 10.8 Å². The highest BCUT2D eigenvalue weighted by Crippen LogP contribution is 2.25. The number of carbonyl (C=O) groups excluding carboxylic acids is 2. The van der Waals surface area contributed by atoms with E-state index in [0.29, 0.717) is 0 Å². The molecule has 0 heterocycles. The van der Waals surface area contributed by atoms with Crippen molar-refractivity contribution in [3.63, 3.8) is 0 Å². The van der Waals surface area contributed by atoms with E-state index in [9.17, 15) is 22.8 Å². The molecule has 6 heteroatoms. The van der Waals surface area contributed by atoms with Crippen LogP contribution in [0.3, 0.4) is 0 Å². The van der Waals surface area contributed by atoms with Crippen molar-refractivity contribution >= 4 is 44.9 Å². The van der Waals surface area contributed by atoms with E-state index in [-0.39, 0.29) is 5.56 Å². The number of hydrogen-bond acceptors (Lipinski definition) is 2. The van der Waals surface area contributed by atoms with Crippen LogP contribution in [0.15, 0.2) is 42.5 Å². The first kappa shape index (κ1) is 15.0. The Morgan fingerprint density at radius 3 is 2.20 bits per heavy atom. The molecule has 0 fully saturated rings. The Bertz CT molecular complexity index is 679. The molecule has 1 atom stereocenters. The van der Waals surface area contributed by atoms with Crippen molar-refractivity contribution in [2.45, 2.75) is 10.1 Å². The molecule has 2 rings (SSSR count). The topological polar surface area (TPSA) is 34.1 Å². The largest absolute Gasteiger partial charge is 0.451 e. The van der Waals surface area contributed by atoms with Crippen molar-refractivity contribution in [1.82, 2.24) is 0 Å². The zero-order valence-electron chi connectivity index (χ0n) is 9.95. The second-order valence-corrected chi connectivity index (χ2v) is 5.40. The Kier molecular flexibility index (Phi) is 4.12. The van der Waals surface area contributed by atoms with E-state index in [2.05, 4.69) is 0 Å². The maximum Gasteiger partial charge on any atom is 0.451 e. The van der Waals surface area contributed by atoms with Gasteiger partial charge in [0.25, 0.3) is 5.78 Å². The molecule has 0 aliphatic heterocycles. The molecule has 0 bridgehead atoms. The van der Waals surface area contributed by atoms with Gasteiger partial charge >= 0.3 is 6.18 Å². The summed E-state index contributed by atoms with van der Waals surface area (Å²) >= 11 is 1.23. The predicted octanol–water partition coefficient (Wildman–Crippen LogP) is 3.96. The van der Waals surface area contributed by atoms with Gasteiger partial charge in [0, 0.05) is 5.56 Å². The highest BCUT2D eigenvalue weighted by molar-refractivity contribution is 14.1. The first-order valence-electron chi connectivity index (χ1n) is 5.59. The molecule has 0 aliphatic rings. The Balaban J connectivity index is 2.34. The molecule has 0 N–H and O–H groups in total. The van der Waals surface area contributed by atoms with Gasteiger partial charge in [0.2, 0.25) is 0 Å². The van der Waals surface area contributed by atoms with E-state index < -0.39 is 21.7 Å². The monoisotopic (exact) mass is 392 g/mol. The lowest BCUT2D eigenvalue weighted by Crippen LogP contribution is -2.35. The van der Waals surface area contributed by atoms with Gasteiger partial charge in [-0.25, -0.2) is 0 Å². The molecule has 0 spiro atoms. The average molecular weight is 392 g/mol. The van der Waals surface area contributed by atoms with Crippen molar-refractivity contribution in [2.75, 3.05) is 0 Å². The van der Waals surface area contributed by atoms with Crippen molar-refractivity contribution in [1.29, 1.82) is 0 Å². The van der Waals surface area contributed by atoms with Crippen LogP contribution >= 0.6 is 22.6 Å². The lowest BCUT2D eigenvalue weighted by atomic mass is 10.0. The van der Waals surface area contributed by atoms with Crippen LogP contribution in [-0.4, -0.2) is 21.7 Å². The smallest absolute Gasteiger partial charge is 0.292 e. The molecule has 0 saturated heterocycles. The summed E-state index contributed by atoms with van der Waals surface area (Å²) in [6.45, 7) is 0. The third-order valence-electron chi connectivity index (χ3n) is 2.77. The molecule has 0 amide bonds. The number of carbonyl (C=O) groups is 2.